The van der Waals surface area contributed by atoms with Gasteiger partial charge in [-0.15, -0.1) is 0 Å². The molecule has 0 aliphatic rings. The lowest BCUT2D eigenvalue weighted by molar-refractivity contribution is 0.121. The van der Waals surface area contributed by atoms with Crippen molar-refractivity contribution in [1.82, 2.24) is 0 Å². The van der Waals surface area contributed by atoms with Crippen LogP contribution in [0.4, 0.5) is 4.39 Å². The van der Waals surface area contributed by atoms with Crippen LogP contribution in [0.1, 0.15) is 11.1 Å². The number of hydrogen-bond donors (Lipinski definition) is 1. The summed E-state index contributed by atoms with van der Waals surface area (Å²) in [6.45, 7) is -0.0264. The van der Waals surface area contributed by atoms with Crippen molar-refractivity contribution in [3.8, 4) is 6.07 Å². The standard InChI is InChI=1S/C8H7FN2O/c9-8-2-1-6(4-10)3-7(8)5-12-11/h1-3H,5,11H2. The SMILES string of the molecule is N#Cc1ccc(F)c(CON)c1. The molecular weight excluding hydrogens is 159 g/mol. The van der Waals surface area contributed by atoms with E-state index in [9.17, 15) is 4.39 Å². The highest BCUT2D eigenvalue weighted by atomic mass is 19.1. The number of halogens is 1. The molecule has 4 heteroatoms. The Morgan fingerprint density at radius 2 is 2.33 bits per heavy atom. The minimum absolute atomic E-state index is 0.0264. The minimum Gasteiger partial charge on any atom is -0.300 e. The lowest BCUT2D eigenvalue weighted by Crippen LogP contribution is -2.01. The lowest BCUT2D eigenvalue weighted by atomic mass is 10.1. The molecule has 0 atom stereocenters. The molecule has 0 spiro atoms. The second-order valence-corrected chi connectivity index (χ2v) is 2.23. The van der Waals surface area contributed by atoms with Crippen molar-refractivity contribution < 1.29 is 9.23 Å². The Bertz CT molecular complexity index is 319. The monoisotopic (exact) mass is 166 g/mol. The van der Waals surface area contributed by atoms with Gasteiger partial charge in [-0.25, -0.2) is 10.3 Å². The van der Waals surface area contributed by atoms with Gasteiger partial charge in [-0.2, -0.15) is 5.26 Å². The van der Waals surface area contributed by atoms with Crippen LogP contribution in [0.5, 0.6) is 0 Å². The van der Waals surface area contributed by atoms with Gasteiger partial charge in [0.25, 0.3) is 0 Å². The first kappa shape index (κ1) is 8.65. The van der Waals surface area contributed by atoms with Crippen molar-refractivity contribution in [2.45, 2.75) is 6.61 Å². The molecule has 1 aromatic rings. The summed E-state index contributed by atoms with van der Waals surface area (Å²) in [5.41, 5.74) is 0.681. The van der Waals surface area contributed by atoms with Crippen molar-refractivity contribution in [1.29, 1.82) is 5.26 Å². The number of nitrogens with zero attached hydrogens (tertiary/aromatic N) is 1. The van der Waals surface area contributed by atoms with Crippen molar-refractivity contribution >= 4 is 0 Å². The number of hydrogen-bond acceptors (Lipinski definition) is 3. The largest absolute Gasteiger partial charge is 0.300 e. The van der Waals surface area contributed by atoms with E-state index in [0.717, 1.165) is 0 Å². The first-order valence-electron chi connectivity index (χ1n) is 3.28. The molecule has 12 heavy (non-hydrogen) atoms. The molecule has 1 rings (SSSR count). The normalized spacial score (nSPS) is 9.42. The molecule has 0 bridgehead atoms. The zero-order chi connectivity index (χ0) is 8.97. The molecule has 0 amide bonds. The number of nitriles is 1. The maximum absolute atomic E-state index is 12.8. The average molecular weight is 166 g/mol. The maximum Gasteiger partial charge on any atom is 0.128 e. The fraction of sp³-hybridized carbons (Fsp3) is 0.125. The smallest absolute Gasteiger partial charge is 0.128 e. The molecule has 0 aliphatic heterocycles. The highest BCUT2D eigenvalue weighted by Gasteiger charge is 2.02. The van der Waals surface area contributed by atoms with Crippen LogP contribution in [0.15, 0.2) is 18.2 Å². The molecule has 1 aromatic carbocycles. The molecule has 62 valence electrons. The Hall–Kier alpha value is -1.44. The van der Waals surface area contributed by atoms with Gasteiger partial charge >= 0.3 is 0 Å². The molecule has 3 nitrogen and oxygen atoms in total. The van der Waals surface area contributed by atoms with Gasteiger partial charge in [0.1, 0.15) is 5.82 Å². The van der Waals surface area contributed by atoms with Gasteiger partial charge in [-0.1, -0.05) is 0 Å². The molecule has 0 unspecified atom stereocenters. The van der Waals surface area contributed by atoms with E-state index in [-0.39, 0.29) is 12.2 Å². The second-order valence-electron chi connectivity index (χ2n) is 2.23. The first-order chi connectivity index (χ1) is 5.77. The van der Waals surface area contributed by atoms with Gasteiger partial charge in [-0.05, 0) is 18.2 Å². The van der Waals surface area contributed by atoms with Gasteiger partial charge in [-0.3, -0.25) is 4.84 Å². The summed E-state index contributed by atoms with van der Waals surface area (Å²) in [6.07, 6.45) is 0. The average Bonchev–Trinajstić information content (AvgIpc) is 2.09. The van der Waals surface area contributed by atoms with E-state index in [4.69, 9.17) is 11.2 Å². The van der Waals surface area contributed by atoms with Crippen LogP contribution in [0, 0.1) is 17.1 Å². The number of rotatable bonds is 2. The molecule has 0 aliphatic carbocycles. The third kappa shape index (κ3) is 1.78. The van der Waals surface area contributed by atoms with Crippen LogP contribution in [0.3, 0.4) is 0 Å². The van der Waals surface area contributed by atoms with Crippen LogP contribution in [-0.2, 0) is 11.4 Å². The van der Waals surface area contributed by atoms with Crippen molar-refractivity contribution in [2.24, 2.45) is 5.90 Å². The quantitative estimate of drug-likeness (QED) is 0.669. The Balaban J connectivity index is 3.01. The van der Waals surface area contributed by atoms with Crippen LogP contribution in [0.25, 0.3) is 0 Å². The molecule has 0 fully saturated rings. The summed E-state index contributed by atoms with van der Waals surface area (Å²) in [5, 5.41) is 8.48. The zero-order valence-corrected chi connectivity index (χ0v) is 6.25. The summed E-state index contributed by atoms with van der Waals surface area (Å²) in [5.74, 6) is 4.35. The zero-order valence-electron chi connectivity index (χ0n) is 6.25. The third-order valence-electron chi connectivity index (χ3n) is 1.41. The molecule has 2 N–H and O–H groups in total. The molecule has 0 heterocycles. The van der Waals surface area contributed by atoms with Gasteiger partial charge in [0, 0.05) is 5.56 Å². The van der Waals surface area contributed by atoms with E-state index >= 15 is 0 Å². The summed E-state index contributed by atoms with van der Waals surface area (Å²) in [6, 6.07) is 5.91. The van der Waals surface area contributed by atoms with Crippen LogP contribution in [-0.4, -0.2) is 0 Å². The fourth-order valence-electron chi connectivity index (χ4n) is 0.845. The highest BCUT2D eigenvalue weighted by molar-refractivity contribution is 5.33. The number of nitrogens with two attached hydrogens (primary N) is 1. The topological polar surface area (TPSA) is 59.0 Å². The fourth-order valence-corrected chi connectivity index (χ4v) is 0.845. The van der Waals surface area contributed by atoms with Crippen molar-refractivity contribution in [3.63, 3.8) is 0 Å². The molecule has 0 saturated heterocycles. The molecule has 0 radical (unpaired) electrons. The van der Waals surface area contributed by atoms with Crippen LogP contribution in [0.2, 0.25) is 0 Å². The summed E-state index contributed by atoms with van der Waals surface area (Å²) in [7, 11) is 0. The van der Waals surface area contributed by atoms with E-state index in [0.29, 0.717) is 5.56 Å². The van der Waals surface area contributed by atoms with E-state index in [2.05, 4.69) is 4.84 Å². The Morgan fingerprint density at radius 3 is 2.92 bits per heavy atom. The van der Waals surface area contributed by atoms with Gasteiger partial charge in [0.2, 0.25) is 0 Å². The van der Waals surface area contributed by atoms with Crippen LogP contribution >= 0.6 is 0 Å². The lowest BCUT2D eigenvalue weighted by Gasteiger charge is -2.00. The van der Waals surface area contributed by atoms with Crippen molar-refractivity contribution in [2.75, 3.05) is 0 Å². The Labute approximate surface area is 69.1 Å². The molecular formula is C8H7FN2O. The predicted octanol–water partition coefficient (Wildman–Crippen LogP) is 1.09. The predicted molar refractivity (Wildman–Crippen MR) is 40.1 cm³/mol. The molecule has 0 aromatic heterocycles. The Kier molecular flexibility index (Phi) is 2.75. The maximum atomic E-state index is 12.8. The van der Waals surface area contributed by atoms with Crippen molar-refractivity contribution in [3.05, 3.63) is 35.1 Å². The van der Waals surface area contributed by atoms with Crippen LogP contribution < -0.4 is 5.90 Å². The summed E-state index contributed by atoms with van der Waals surface area (Å²) < 4.78 is 12.8. The van der Waals surface area contributed by atoms with E-state index in [1.165, 1.54) is 18.2 Å². The van der Waals surface area contributed by atoms with Gasteiger partial charge in [0.15, 0.2) is 0 Å². The molecule has 0 saturated carbocycles. The number of benzene rings is 1. The van der Waals surface area contributed by atoms with Gasteiger partial charge in [0.05, 0.1) is 18.2 Å². The summed E-state index contributed by atoms with van der Waals surface area (Å²) in [4.78, 5) is 4.26. The van der Waals surface area contributed by atoms with Gasteiger partial charge < -0.3 is 0 Å². The first-order valence-corrected chi connectivity index (χ1v) is 3.28. The van der Waals surface area contributed by atoms with E-state index in [1.807, 2.05) is 6.07 Å². The van der Waals surface area contributed by atoms with E-state index in [1.54, 1.807) is 0 Å². The Morgan fingerprint density at radius 1 is 1.58 bits per heavy atom. The third-order valence-corrected chi connectivity index (χ3v) is 1.41. The second kappa shape index (κ2) is 3.81. The summed E-state index contributed by atoms with van der Waals surface area (Å²) >= 11 is 0. The van der Waals surface area contributed by atoms with E-state index < -0.39 is 5.82 Å². The minimum atomic E-state index is -0.417. The highest BCUT2D eigenvalue weighted by Crippen LogP contribution is 2.10.